The Labute approximate surface area is 111 Å². The number of benzene rings is 1. The lowest BCUT2D eigenvalue weighted by atomic mass is 9.99. The summed E-state index contributed by atoms with van der Waals surface area (Å²) >= 11 is 0. The molecular formula is C14H16N4O. The van der Waals surface area contributed by atoms with Crippen molar-refractivity contribution in [2.75, 3.05) is 11.9 Å². The van der Waals surface area contributed by atoms with Gasteiger partial charge in [-0.2, -0.15) is 0 Å². The molecule has 0 bridgehead atoms. The molecule has 1 aromatic heterocycles. The van der Waals surface area contributed by atoms with Crippen LogP contribution in [0.15, 0.2) is 30.7 Å². The van der Waals surface area contributed by atoms with Crippen LogP contribution in [0, 0.1) is 0 Å². The van der Waals surface area contributed by atoms with E-state index < -0.39 is 0 Å². The van der Waals surface area contributed by atoms with Gasteiger partial charge in [-0.3, -0.25) is 4.79 Å². The Morgan fingerprint density at radius 3 is 3.16 bits per heavy atom. The highest BCUT2D eigenvalue weighted by atomic mass is 16.1. The molecule has 3 rings (SSSR count). The van der Waals surface area contributed by atoms with Gasteiger partial charge in [0.1, 0.15) is 5.69 Å². The van der Waals surface area contributed by atoms with E-state index >= 15 is 0 Å². The van der Waals surface area contributed by atoms with E-state index in [4.69, 9.17) is 0 Å². The van der Waals surface area contributed by atoms with E-state index in [1.165, 1.54) is 11.1 Å². The number of carbonyl (C=O) groups excluding carboxylic acids is 1. The number of imidazole rings is 1. The molecular weight excluding hydrogens is 240 g/mol. The van der Waals surface area contributed by atoms with Crippen molar-refractivity contribution in [2.24, 2.45) is 7.05 Å². The molecule has 0 saturated carbocycles. The largest absolute Gasteiger partial charge is 0.340 e. The Morgan fingerprint density at radius 2 is 2.37 bits per heavy atom. The number of hydrogen-bond donors (Lipinski definition) is 2. The average Bonchev–Trinajstić information content (AvgIpc) is 2.86. The molecule has 0 aliphatic carbocycles. The average molecular weight is 256 g/mol. The fraction of sp³-hybridized carbons (Fsp3) is 0.286. The zero-order chi connectivity index (χ0) is 13.2. The second-order valence-corrected chi connectivity index (χ2v) is 4.75. The number of nitrogens with zero attached hydrogens (tertiary/aromatic N) is 2. The van der Waals surface area contributed by atoms with E-state index in [2.05, 4.69) is 21.7 Å². The number of aromatic nitrogens is 2. The van der Waals surface area contributed by atoms with E-state index in [1.807, 2.05) is 19.2 Å². The van der Waals surface area contributed by atoms with Crippen molar-refractivity contribution in [1.29, 1.82) is 0 Å². The molecule has 0 atom stereocenters. The van der Waals surface area contributed by atoms with Crippen LogP contribution in [-0.2, 0) is 20.0 Å². The molecule has 0 unspecified atom stereocenters. The third kappa shape index (κ3) is 2.37. The molecule has 1 amide bonds. The van der Waals surface area contributed by atoms with Crippen molar-refractivity contribution < 1.29 is 4.79 Å². The number of hydrogen-bond acceptors (Lipinski definition) is 3. The van der Waals surface area contributed by atoms with Gasteiger partial charge in [0.25, 0.3) is 5.91 Å². The molecule has 2 heterocycles. The smallest absolute Gasteiger partial charge is 0.275 e. The highest BCUT2D eigenvalue weighted by Gasteiger charge is 2.15. The number of anilines is 1. The molecule has 1 aromatic carbocycles. The Hall–Kier alpha value is -2.14. The molecule has 1 aliphatic heterocycles. The summed E-state index contributed by atoms with van der Waals surface area (Å²) in [6.07, 6.45) is 4.28. The molecule has 19 heavy (non-hydrogen) atoms. The minimum absolute atomic E-state index is 0.160. The van der Waals surface area contributed by atoms with Crippen molar-refractivity contribution >= 4 is 11.6 Å². The minimum atomic E-state index is -0.160. The van der Waals surface area contributed by atoms with Gasteiger partial charge in [-0.05, 0) is 30.2 Å². The summed E-state index contributed by atoms with van der Waals surface area (Å²) in [6.45, 7) is 1.81. The lowest BCUT2D eigenvalue weighted by Crippen LogP contribution is -2.25. The standard InChI is InChI=1S/C14H16N4O/c1-18-8-13(16-9-18)14(19)17-12-4-2-3-10-7-15-6-5-11(10)12/h2-4,8-9,15H,5-7H2,1H3,(H,17,19). The van der Waals surface area contributed by atoms with E-state index in [1.54, 1.807) is 17.1 Å². The molecule has 1 aliphatic rings. The van der Waals surface area contributed by atoms with Gasteiger partial charge >= 0.3 is 0 Å². The lowest BCUT2D eigenvalue weighted by molar-refractivity contribution is 0.102. The summed E-state index contributed by atoms with van der Waals surface area (Å²) in [5, 5.41) is 6.29. The highest BCUT2D eigenvalue weighted by molar-refractivity contribution is 6.03. The third-order valence-corrected chi connectivity index (χ3v) is 3.33. The number of nitrogens with one attached hydrogen (secondary N) is 2. The maximum atomic E-state index is 12.1. The van der Waals surface area contributed by atoms with Crippen molar-refractivity contribution in [3.63, 3.8) is 0 Å². The SMILES string of the molecule is Cn1cnc(C(=O)Nc2cccc3c2CCNC3)c1. The van der Waals surface area contributed by atoms with E-state index in [0.29, 0.717) is 5.69 Å². The second-order valence-electron chi connectivity index (χ2n) is 4.75. The van der Waals surface area contributed by atoms with Gasteiger partial charge in [-0.15, -0.1) is 0 Å². The highest BCUT2D eigenvalue weighted by Crippen LogP contribution is 2.23. The van der Waals surface area contributed by atoms with E-state index in [9.17, 15) is 4.79 Å². The quantitative estimate of drug-likeness (QED) is 0.852. The van der Waals surface area contributed by atoms with Gasteiger partial charge in [0, 0.05) is 25.5 Å². The van der Waals surface area contributed by atoms with Gasteiger partial charge in [0.05, 0.1) is 6.33 Å². The van der Waals surface area contributed by atoms with Crippen LogP contribution in [0.25, 0.3) is 0 Å². The summed E-state index contributed by atoms with van der Waals surface area (Å²) < 4.78 is 1.76. The summed E-state index contributed by atoms with van der Waals surface area (Å²) in [5.74, 6) is -0.160. The zero-order valence-corrected chi connectivity index (χ0v) is 10.8. The monoisotopic (exact) mass is 256 g/mol. The number of fused-ring (bicyclic) bond motifs is 1. The number of amides is 1. The van der Waals surface area contributed by atoms with Crippen molar-refractivity contribution in [3.05, 3.63) is 47.5 Å². The second kappa shape index (κ2) is 4.85. The fourth-order valence-electron chi connectivity index (χ4n) is 2.37. The summed E-state index contributed by atoms with van der Waals surface area (Å²) in [5.41, 5.74) is 3.82. The summed E-state index contributed by atoms with van der Waals surface area (Å²) in [4.78, 5) is 16.2. The zero-order valence-electron chi connectivity index (χ0n) is 10.8. The Bertz CT molecular complexity index is 618. The molecule has 5 nitrogen and oxygen atoms in total. The lowest BCUT2D eigenvalue weighted by Gasteiger charge is -2.20. The molecule has 5 heteroatoms. The molecule has 98 valence electrons. The Kier molecular flexibility index (Phi) is 3.05. The van der Waals surface area contributed by atoms with E-state index in [-0.39, 0.29) is 5.91 Å². The predicted octanol–water partition coefficient (Wildman–Crippen LogP) is 1.32. The summed E-state index contributed by atoms with van der Waals surface area (Å²) in [6, 6.07) is 6.02. The van der Waals surface area contributed by atoms with Crippen molar-refractivity contribution in [2.45, 2.75) is 13.0 Å². The molecule has 0 spiro atoms. The van der Waals surface area contributed by atoms with Crippen LogP contribution in [0.5, 0.6) is 0 Å². The Balaban J connectivity index is 1.85. The normalized spacial score (nSPS) is 13.9. The van der Waals surface area contributed by atoms with Gasteiger partial charge in [0.15, 0.2) is 0 Å². The Morgan fingerprint density at radius 1 is 1.47 bits per heavy atom. The molecule has 2 aromatic rings. The third-order valence-electron chi connectivity index (χ3n) is 3.33. The van der Waals surface area contributed by atoms with Crippen LogP contribution in [0.3, 0.4) is 0 Å². The van der Waals surface area contributed by atoms with Crippen LogP contribution >= 0.6 is 0 Å². The van der Waals surface area contributed by atoms with Crippen LogP contribution in [0.4, 0.5) is 5.69 Å². The van der Waals surface area contributed by atoms with E-state index in [0.717, 1.165) is 25.2 Å². The molecule has 0 saturated heterocycles. The van der Waals surface area contributed by atoms with Gasteiger partial charge in [-0.1, -0.05) is 12.1 Å². The minimum Gasteiger partial charge on any atom is -0.340 e. The van der Waals surface area contributed by atoms with Crippen LogP contribution in [0.2, 0.25) is 0 Å². The van der Waals surface area contributed by atoms with Crippen molar-refractivity contribution in [1.82, 2.24) is 14.9 Å². The topological polar surface area (TPSA) is 59.0 Å². The van der Waals surface area contributed by atoms with Crippen LogP contribution < -0.4 is 10.6 Å². The first kappa shape index (κ1) is 11.9. The van der Waals surface area contributed by atoms with Crippen molar-refractivity contribution in [3.8, 4) is 0 Å². The maximum Gasteiger partial charge on any atom is 0.275 e. The van der Waals surface area contributed by atoms with Gasteiger partial charge in [0.2, 0.25) is 0 Å². The first-order valence-electron chi connectivity index (χ1n) is 6.35. The fourth-order valence-corrected chi connectivity index (χ4v) is 2.37. The molecule has 2 N–H and O–H groups in total. The number of rotatable bonds is 2. The summed E-state index contributed by atoms with van der Waals surface area (Å²) in [7, 11) is 1.85. The molecule has 0 radical (unpaired) electrons. The number of carbonyl (C=O) groups is 1. The molecule has 0 fully saturated rings. The maximum absolute atomic E-state index is 12.1. The first-order valence-corrected chi connectivity index (χ1v) is 6.35. The van der Waals surface area contributed by atoms with Gasteiger partial charge in [-0.25, -0.2) is 4.98 Å². The number of aryl methyl sites for hydroxylation is 1. The van der Waals surface area contributed by atoms with Gasteiger partial charge < -0.3 is 15.2 Å². The predicted molar refractivity (Wildman–Crippen MR) is 73.0 cm³/mol. The van der Waals surface area contributed by atoms with Crippen LogP contribution in [0.1, 0.15) is 21.6 Å². The van der Waals surface area contributed by atoms with Crippen LogP contribution in [-0.4, -0.2) is 22.0 Å². The first-order chi connectivity index (χ1) is 9.24.